The SMILES string of the molecule is CON(C)C(=O)[C@@H]1Cc2ccccc2/C=C/COCc2ccccc2C(=O)N1. The average molecular weight is 380 g/mol. The van der Waals surface area contributed by atoms with E-state index in [1.165, 1.54) is 14.2 Å². The van der Waals surface area contributed by atoms with Gasteiger partial charge in [-0.2, -0.15) is 0 Å². The normalized spacial score (nSPS) is 18.4. The lowest BCUT2D eigenvalue weighted by Gasteiger charge is -2.24. The Morgan fingerprint density at radius 1 is 1.14 bits per heavy atom. The van der Waals surface area contributed by atoms with Crippen molar-refractivity contribution in [1.29, 1.82) is 0 Å². The number of nitrogens with one attached hydrogen (secondary N) is 1. The van der Waals surface area contributed by atoms with Crippen LogP contribution < -0.4 is 5.32 Å². The standard InChI is InChI=1S/C22H24N2O4/c1-24(27-2)22(26)20-14-17-9-4-3-8-16(17)11-7-13-28-15-18-10-5-6-12-19(18)21(25)23-20/h3-12,20H,13-15H2,1-2H3,(H,23,25)/b11-7+/t20-/m0/s1. The van der Waals surface area contributed by atoms with E-state index >= 15 is 0 Å². The maximum absolute atomic E-state index is 13.0. The predicted octanol–water partition coefficient (Wildman–Crippen LogP) is 2.59. The van der Waals surface area contributed by atoms with E-state index in [0.29, 0.717) is 25.2 Å². The Bertz CT molecular complexity index is 878. The first-order valence-corrected chi connectivity index (χ1v) is 9.12. The van der Waals surface area contributed by atoms with Crippen LogP contribution in [0.25, 0.3) is 6.08 Å². The maximum Gasteiger partial charge on any atom is 0.268 e. The van der Waals surface area contributed by atoms with Gasteiger partial charge >= 0.3 is 0 Å². The Balaban J connectivity index is 2.00. The second-order valence-corrected chi connectivity index (χ2v) is 6.52. The minimum atomic E-state index is -0.762. The molecule has 0 unspecified atom stereocenters. The van der Waals surface area contributed by atoms with E-state index in [0.717, 1.165) is 21.8 Å². The fourth-order valence-corrected chi connectivity index (χ4v) is 3.13. The minimum absolute atomic E-state index is 0.312. The van der Waals surface area contributed by atoms with Gasteiger partial charge in [0.05, 0.1) is 20.3 Å². The molecule has 0 aliphatic carbocycles. The molecule has 1 aliphatic heterocycles. The molecule has 146 valence electrons. The highest BCUT2D eigenvalue weighted by atomic mass is 16.7. The van der Waals surface area contributed by atoms with Gasteiger partial charge in [-0.1, -0.05) is 54.6 Å². The lowest BCUT2D eigenvalue weighted by molar-refractivity contribution is -0.170. The van der Waals surface area contributed by atoms with Gasteiger partial charge in [-0.25, -0.2) is 5.06 Å². The molecular formula is C22H24N2O4. The number of carbonyl (C=O) groups excluding carboxylic acids is 2. The number of hydroxylamine groups is 2. The molecular weight excluding hydrogens is 356 g/mol. The zero-order valence-corrected chi connectivity index (χ0v) is 16.1. The van der Waals surface area contributed by atoms with Crippen LogP contribution in [0.2, 0.25) is 0 Å². The summed E-state index contributed by atoms with van der Waals surface area (Å²) in [5.74, 6) is -0.634. The van der Waals surface area contributed by atoms with Gasteiger partial charge in [-0.05, 0) is 22.8 Å². The summed E-state index contributed by atoms with van der Waals surface area (Å²) in [4.78, 5) is 30.8. The van der Waals surface area contributed by atoms with Crippen LogP contribution in [0.3, 0.4) is 0 Å². The summed E-state index contributed by atoms with van der Waals surface area (Å²) >= 11 is 0. The number of hydrogen-bond donors (Lipinski definition) is 1. The molecule has 2 aromatic carbocycles. The van der Waals surface area contributed by atoms with Gasteiger partial charge in [0.1, 0.15) is 6.04 Å². The monoisotopic (exact) mass is 380 g/mol. The summed E-state index contributed by atoms with van der Waals surface area (Å²) in [6.45, 7) is 0.741. The molecule has 1 heterocycles. The third-order valence-corrected chi connectivity index (χ3v) is 4.70. The number of rotatable bonds is 2. The van der Waals surface area contributed by atoms with Gasteiger partial charge in [-0.3, -0.25) is 14.4 Å². The van der Waals surface area contributed by atoms with E-state index in [4.69, 9.17) is 9.57 Å². The molecule has 1 aliphatic rings. The highest BCUT2D eigenvalue weighted by Gasteiger charge is 2.26. The smallest absolute Gasteiger partial charge is 0.268 e. The molecule has 6 heteroatoms. The van der Waals surface area contributed by atoms with Crippen LogP contribution in [-0.2, 0) is 27.4 Å². The van der Waals surface area contributed by atoms with Gasteiger partial charge in [0, 0.05) is 19.0 Å². The Hall–Kier alpha value is -2.96. The van der Waals surface area contributed by atoms with Crippen LogP contribution in [0.15, 0.2) is 54.6 Å². The second-order valence-electron chi connectivity index (χ2n) is 6.52. The molecule has 2 amide bonds. The van der Waals surface area contributed by atoms with E-state index in [1.807, 2.05) is 48.6 Å². The van der Waals surface area contributed by atoms with Gasteiger partial charge in [0.15, 0.2) is 0 Å². The number of hydrogen-bond acceptors (Lipinski definition) is 4. The fourth-order valence-electron chi connectivity index (χ4n) is 3.13. The Morgan fingerprint density at radius 2 is 1.86 bits per heavy atom. The molecule has 0 bridgehead atoms. The van der Waals surface area contributed by atoms with Crippen molar-refractivity contribution >= 4 is 17.9 Å². The Morgan fingerprint density at radius 3 is 2.64 bits per heavy atom. The average Bonchev–Trinajstić information content (AvgIpc) is 2.73. The summed E-state index contributed by atoms with van der Waals surface area (Å²) < 4.78 is 5.70. The van der Waals surface area contributed by atoms with Crippen LogP contribution in [0.1, 0.15) is 27.0 Å². The number of benzene rings is 2. The molecule has 6 nitrogen and oxygen atoms in total. The van der Waals surface area contributed by atoms with Crippen molar-refractivity contribution in [3.63, 3.8) is 0 Å². The van der Waals surface area contributed by atoms with E-state index < -0.39 is 6.04 Å². The van der Waals surface area contributed by atoms with Gasteiger partial charge in [-0.15, -0.1) is 0 Å². The summed E-state index contributed by atoms with van der Waals surface area (Å²) in [7, 11) is 2.95. The first kappa shape index (κ1) is 19.8. The molecule has 1 N–H and O–H groups in total. The number of fused-ring (bicyclic) bond motifs is 2. The first-order valence-electron chi connectivity index (χ1n) is 9.12. The lowest BCUT2D eigenvalue weighted by atomic mass is 9.98. The molecule has 28 heavy (non-hydrogen) atoms. The lowest BCUT2D eigenvalue weighted by Crippen LogP contribution is -2.48. The van der Waals surface area contributed by atoms with E-state index in [1.54, 1.807) is 12.1 Å². The highest BCUT2D eigenvalue weighted by Crippen LogP contribution is 2.17. The van der Waals surface area contributed by atoms with Gasteiger partial charge in [0.25, 0.3) is 11.8 Å². The number of ether oxygens (including phenoxy) is 1. The van der Waals surface area contributed by atoms with Crippen LogP contribution in [0, 0.1) is 0 Å². The molecule has 0 radical (unpaired) electrons. The molecule has 0 spiro atoms. The van der Waals surface area contributed by atoms with E-state index in [-0.39, 0.29) is 11.8 Å². The van der Waals surface area contributed by atoms with Crippen molar-refractivity contribution in [2.45, 2.75) is 19.1 Å². The van der Waals surface area contributed by atoms with Crippen molar-refractivity contribution in [1.82, 2.24) is 10.4 Å². The van der Waals surface area contributed by atoms with Gasteiger partial charge < -0.3 is 10.1 Å². The van der Waals surface area contributed by atoms with Gasteiger partial charge in [0.2, 0.25) is 0 Å². The highest BCUT2D eigenvalue weighted by molar-refractivity contribution is 5.98. The molecule has 1 atom stereocenters. The number of likely N-dealkylation sites (N-methyl/N-ethyl adjacent to an activating group) is 1. The minimum Gasteiger partial charge on any atom is -0.373 e. The summed E-state index contributed by atoms with van der Waals surface area (Å²) in [6.07, 6.45) is 4.26. The number of nitrogens with zero attached hydrogens (tertiary/aromatic N) is 1. The molecule has 0 saturated carbocycles. The molecule has 0 aromatic heterocycles. The van der Waals surface area contributed by atoms with Crippen LogP contribution in [-0.4, -0.2) is 43.7 Å². The zero-order valence-electron chi connectivity index (χ0n) is 16.1. The third kappa shape index (κ3) is 4.65. The number of carbonyl (C=O) groups is 2. The summed E-state index contributed by atoms with van der Waals surface area (Å²) in [5, 5.41) is 4.01. The molecule has 2 aromatic rings. The van der Waals surface area contributed by atoms with Crippen molar-refractivity contribution < 1.29 is 19.2 Å². The first-order chi connectivity index (χ1) is 13.6. The van der Waals surface area contributed by atoms with E-state index in [9.17, 15) is 9.59 Å². The van der Waals surface area contributed by atoms with Crippen molar-refractivity contribution in [3.8, 4) is 0 Å². The Kier molecular flexibility index (Phi) is 6.57. The second kappa shape index (κ2) is 9.30. The Labute approximate surface area is 164 Å². The fraction of sp³-hybridized carbons (Fsp3) is 0.273. The van der Waals surface area contributed by atoms with Crippen molar-refractivity contribution in [2.75, 3.05) is 20.8 Å². The summed E-state index contributed by atoms with van der Waals surface area (Å²) in [6, 6.07) is 14.3. The third-order valence-electron chi connectivity index (χ3n) is 4.70. The summed E-state index contributed by atoms with van der Waals surface area (Å²) in [5.41, 5.74) is 3.21. The van der Waals surface area contributed by atoms with Crippen molar-refractivity contribution in [3.05, 3.63) is 76.9 Å². The maximum atomic E-state index is 13.0. The number of amides is 2. The molecule has 0 saturated heterocycles. The predicted molar refractivity (Wildman–Crippen MR) is 106 cm³/mol. The molecule has 3 rings (SSSR count). The van der Waals surface area contributed by atoms with E-state index in [2.05, 4.69) is 5.32 Å². The van der Waals surface area contributed by atoms with Crippen LogP contribution in [0.5, 0.6) is 0 Å². The zero-order chi connectivity index (χ0) is 19.9. The van der Waals surface area contributed by atoms with Crippen LogP contribution >= 0.6 is 0 Å². The van der Waals surface area contributed by atoms with Crippen molar-refractivity contribution in [2.24, 2.45) is 0 Å². The molecule has 0 fully saturated rings. The quantitative estimate of drug-likeness (QED) is 0.814. The topological polar surface area (TPSA) is 67.9 Å². The van der Waals surface area contributed by atoms with Crippen LogP contribution in [0.4, 0.5) is 0 Å². The largest absolute Gasteiger partial charge is 0.373 e.